The van der Waals surface area contributed by atoms with Gasteiger partial charge in [-0.15, -0.1) is 0 Å². The normalized spacial score (nSPS) is 12.2. The second kappa shape index (κ2) is 10.5. The maximum absolute atomic E-state index is 13.4. The van der Waals surface area contributed by atoms with E-state index in [1.165, 1.54) is 22.0 Å². The van der Waals surface area contributed by atoms with E-state index in [-0.39, 0.29) is 23.4 Å². The minimum atomic E-state index is -3.91. The topological polar surface area (TPSA) is 66.5 Å². The van der Waals surface area contributed by atoms with E-state index in [1.54, 1.807) is 30.3 Å². The first-order chi connectivity index (χ1) is 15.2. The van der Waals surface area contributed by atoms with E-state index in [2.05, 4.69) is 34.0 Å². The Morgan fingerprint density at radius 3 is 2.22 bits per heavy atom. The Balaban J connectivity index is 1.89. The fourth-order valence-electron chi connectivity index (χ4n) is 3.41. The molecule has 0 aliphatic heterocycles. The molecule has 0 spiro atoms. The van der Waals surface area contributed by atoms with Gasteiger partial charge < -0.3 is 5.32 Å². The van der Waals surface area contributed by atoms with Gasteiger partial charge in [-0.2, -0.15) is 0 Å². The zero-order chi connectivity index (χ0) is 23.3. The van der Waals surface area contributed by atoms with Crippen molar-refractivity contribution in [2.45, 2.75) is 38.1 Å². The van der Waals surface area contributed by atoms with Crippen molar-refractivity contribution < 1.29 is 13.2 Å². The lowest BCUT2D eigenvalue weighted by molar-refractivity contribution is -0.120. The van der Waals surface area contributed by atoms with Gasteiger partial charge in [-0.25, -0.2) is 8.42 Å². The molecule has 0 bridgehead atoms. The maximum Gasteiger partial charge on any atom is 0.264 e. The number of anilines is 1. The molecule has 0 heterocycles. The van der Waals surface area contributed by atoms with Crippen LogP contribution in [0.5, 0.6) is 0 Å². The van der Waals surface area contributed by atoms with Crippen molar-refractivity contribution in [1.29, 1.82) is 0 Å². The van der Waals surface area contributed by atoms with Gasteiger partial charge in [0.15, 0.2) is 0 Å². The quantitative estimate of drug-likeness (QED) is 0.376. The molecule has 1 atom stereocenters. The van der Waals surface area contributed by atoms with Gasteiger partial charge in [-0.05, 0) is 95.9 Å². The Hall–Kier alpha value is -2.39. The molecule has 3 aromatic carbocycles. The molecule has 1 amide bonds. The van der Waals surface area contributed by atoms with E-state index in [4.69, 9.17) is 0 Å². The third kappa shape index (κ3) is 5.69. The summed E-state index contributed by atoms with van der Waals surface area (Å²) in [7, 11) is -3.91. The summed E-state index contributed by atoms with van der Waals surface area (Å²) in [6.45, 7) is 5.78. The van der Waals surface area contributed by atoms with E-state index in [1.807, 2.05) is 45.0 Å². The summed E-state index contributed by atoms with van der Waals surface area (Å²) in [6, 6.07) is 21.2. The number of nitrogens with one attached hydrogen (secondary N) is 1. The van der Waals surface area contributed by atoms with Gasteiger partial charge >= 0.3 is 0 Å². The molecule has 5 nitrogen and oxygen atoms in total. The fraction of sp³-hybridized carbons (Fsp3) is 0.240. The van der Waals surface area contributed by atoms with Gasteiger partial charge in [0.05, 0.1) is 16.6 Å². The molecule has 1 unspecified atom stereocenters. The van der Waals surface area contributed by atoms with Crippen LogP contribution in [0, 0.1) is 17.4 Å². The molecule has 3 aromatic rings. The van der Waals surface area contributed by atoms with Gasteiger partial charge in [-0.3, -0.25) is 9.10 Å². The van der Waals surface area contributed by atoms with Crippen molar-refractivity contribution in [2.75, 3.05) is 10.8 Å². The molecule has 0 aliphatic carbocycles. The van der Waals surface area contributed by atoms with Crippen LogP contribution in [0.1, 0.15) is 36.1 Å². The van der Waals surface area contributed by atoms with Crippen molar-refractivity contribution in [3.05, 3.63) is 93.1 Å². The summed E-state index contributed by atoms with van der Waals surface area (Å²) in [5, 5.41) is 3.02. The number of hydrogen-bond donors (Lipinski definition) is 1. The highest BCUT2D eigenvalue weighted by Crippen LogP contribution is 2.25. The van der Waals surface area contributed by atoms with Gasteiger partial charge in [0, 0.05) is 3.57 Å². The highest BCUT2D eigenvalue weighted by molar-refractivity contribution is 14.1. The van der Waals surface area contributed by atoms with Crippen LogP contribution < -0.4 is 9.62 Å². The van der Waals surface area contributed by atoms with Crippen LogP contribution in [-0.2, 0) is 14.8 Å². The number of hydrogen-bond acceptors (Lipinski definition) is 3. The van der Waals surface area contributed by atoms with Crippen molar-refractivity contribution >= 4 is 44.2 Å². The molecular weight excluding hydrogens is 535 g/mol. The predicted octanol–water partition coefficient (Wildman–Crippen LogP) is 5.37. The summed E-state index contributed by atoms with van der Waals surface area (Å²) in [6.07, 6.45) is 0.698. The average molecular weight is 562 g/mol. The summed E-state index contributed by atoms with van der Waals surface area (Å²) < 4.78 is 29.0. The van der Waals surface area contributed by atoms with Crippen molar-refractivity contribution in [2.24, 2.45) is 0 Å². The minimum Gasteiger partial charge on any atom is -0.348 e. The third-order valence-electron chi connectivity index (χ3n) is 5.41. The molecule has 3 rings (SSSR count). The van der Waals surface area contributed by atoms with Crippen LogP contribution >= 0.6 is 22.6 Å². The van der Waals surface area contributed by atoms with Crippen LogP contribution in [-0.4, -0.2) is 20.9 Å². The molecule has 0 saturated heterocycles. The molecule has 1 N–H and O–H groups in total. The van der Waals surface area contributed by atoms with E-state index in [9.17, 15) is 13.2 Å². The highest BCUT2D eigenvalue weighted by Gasteiger charge is 2.28. The Morgan fingerprint density at radius 1 is 0.969 bits per heavy atom. The second-order valence-corrected chi connectivity index (χ2v) is 10.8. The SMILES string of the molecule is CCC(NC(=O)CN(c1ccc(I)cc1)S(=O)(=O)c1ccccc1)c1ccc(C)c(C)c1. The fourth-order valence-corrected chi connectivity index (χ4v) is 5.22. The van der Waals surface area contributed by atoms with E-state index in [0.29, 0.717) is 12.1 Å². The Morgan fingerprint density at radius 2 is 1.62 bits per heavy atom. The first-order valence-corrected chi connectivity index (χ1v) is 12.9. The van der Waals surface area contributed by atoms with Crippen LogP contribution in [0.4, 0.5) is 5.69 Å². The lowest BCUT2D eigenvalue weighted by Crippen LogP contribution is -2.42. The number of amides is 1. The maximum atomic E-state index is 13.4. The molecule has 32 heavy (non-hydrogen) atoms. The molecule has 7 heteroatoms. The molecule has 0 radical (unpaired) electrons. The standard InChI is InChI=1S/C25H27IN2O3S/c1-4-24(20-11-10-18(2)19(3)16-20)27-25(29)17-28(22-14-12-21(26)13-15-22)32(30,31)23-8-6-5-7-9-23/h5-16,24H,4,17H2,1-3H3,(H,27,29). The van der Waals surface area contributed by atoms with Crippen molar-refractivity contribution in [1.82, 2.24) is 5.32 Å². The molecular formula is C25H27IN2O3S. The van der Waals surface area contributed by atoms with Crippen LogP contribution in [0.15, 0.2) is 77.7 Å². The summed E-state index contributed by atoms with van der Waals surface area (Å²) >= 11 is 2.16. The number of sulfonamides is 1. The van der Waals surface area contributed by atoms with Crippen LogP contribution in [0.3, 0.4) is 0 Å². The number of aryl methyl sites for hydroxylation is 2. The molecule has 0 saturated carbocycles. The number of carbonyl (C=O) groups excluding carboxylic acids is 1. The van der Waals surface area contributed by atoms with Gasteiger partial charge in [0.25, 0.3) is 10.0 Å². The van der Waals surface area contributed by atoms with E-state index < -0.39 is 10.0 Å². The molecule has 0 aliphatic rings. The lowest BCUT2D eigenvalue weighted by Gasteiger charge is -2.26. The average Bonchev–Trinajstić information content (AvgIpc) is 2.79. The van der Waals surface area contributed by atoms with Gasteiger partial charge in [0.1, 0.15) is 6.54 Å². The lowest BCUT2D eigenvalue weighted by atomic mass is 9.99. The number of rotatable bonds is 8. The number of nitrogens with zero attached hydrogens (tertiary/aromatic N) is 1. The monoisotopic (exact) mass is 562 g/mol. The molecule has 0 aromatic heterocycles. The Labute approximate surface area is 204 Å². The third-order valence-corrected chi connectivity index (χ3v) is 7.92. The first kappa shape index (κ1) is 24.3. The van der Waals surface area contributed by atoms with Gasteiger partial charge in [-0.1, -0.05) is 43.3 Å². The summed E-state index contributed by atoms with van der Waals surface area (Å²) in [4.78, 5) is 13.2. The van der Waals surface area contributed by atoms with Crippen LogP contribution in [0.2, 0.25) is 0 Å². The number of benzene rings is 3. The van der Waals surface area contributed by atoms with Gasteiger partial charge in [0.2, 0.25) is 5.91 Å². The number of carbonyl (C=O) groups is 1. The second-order valence-electron chi connectivity index (χ2n) is 7.67. The summed E-state index contributed by atoms with van der Waals surface area (Å²) in [5.41, 5.74) is 3.80. The largest absolute Gasteiger partial charge is 0.348 e. The highest BCUT2D eigenvalue weighted by atomic mass is 127. The summed E-state index contributed by atoms with van der Waals surface area (Å²) in [5.74, 6) is -0.354. The van der Waals surface area contributed by atoms with Crippen LogP contribution in [0.25, 0.3) is 0 Å². The zero-order valence-electron chi connectivity index (χ0n) is 18.4. The zero-order valence-corrected chi connectivity index (χ0v) is 21.4. The van der Waals surface area contributed by atoms with E-state index >= 15 is 0 Å². The minimum absolute atomic E-state index is 0.146. The molecule has 0 fully saturated rings. The smallest absolute Gasteiger partial charge is 0.264 e. The van der Waals surface area contributed by atoms with Crippen molar-refractivity contribution in [3.8, 4) is 0 Å². The van der Waals surface area contributed by atoms with Crippen molar-refractivity contribution in [3.63, 3.8) is 0 Å². The Kier molecular flexibility index (Phi) is 7.95. The Bertz CT molecular complexity index is 1180. The molecule has 168 valence electrons. The predicted molar refractivity (Wildman–Crippen MR) is 137 cm³/mol. The first-order valence-electron chi connectivity index (χ1n) is 10.4. The number of halogens is 1. The van der Waals surface area contributed by atoms with E-state index in [0.717, 1.165) is 14.7 Å².